The summed E-state index contributed by atoms with van der Waals surface area (Å²) in [5.74, 6) is 0. The fraction of sp³-hybridized carbons (Fsp3) is 0.421. The van der Waals surface area contributed by atoms with Crippen molar-refractivity contribution in [1.29, 1.82) is 0 Å². The standard InChI is InChI=1S/C19H26N4O2/c1-22-9-5-8-17(22)18(23-10-12-25-13-11-23)15-21-19(24)20-14-16-6-3-2-4-7-16/h2-9,18H,10-15H2,1H3,(H2,20,21,24). The van der Waals surface area contributed by atoms with E-state index >= 15 is 0 Å². The number of benzene rings is 1. The molecule has 6 heteroatoms. The molecular formula is C19H26N4O2. The van der Waals surface area contributed by atoms with E-state index in [4.69, 9.17) is 4.74 Å². The maximum absolute atomic E-state index is 12.2. The summed E-state index contributed by atoms with van der Waals surface area (Å²) in [5.41, 5.74) is 2.29. The summed E-state index contributed by atoms with van der Waals surface area (Å²) in [6.45, 7) is 4.33. The van der Waals surface area contributed by atoms with Crippen molar-refractivity contribution in [2.45, 2.75) is 12.6 Å². The van der Waals surface area contributed by atoms with Crippen LogP contribution >= 0.6 is 0 Å². The zero-order chi connectivity index (χ0) is 17.5. The lowest BCUT2D eigenvalue weighted by Crippen LogP contribution is -2.46. The number of nitrogens with one attached hydrogen (secondary N) is 2. The second-order valence-electron chi connectivity index (χ2n) is 6.26. The van der Waals surface area contributed by atoms with Gasteiger partial charge in [-0.05, 0) is 17.7 Å². The topological polar surface area (TPSA) is 58.5 Å². The van der Waals surface area contributed by atoms with Crippen molar-refractivity contribution in [2.75, 3.05) is 32.8 Å². The lowest BCUT2D eigenvalue weighted by molar-refractivity contribution is 0.0153. The van der Waals surface area contributed by atoms with Crippen molar-refractivity contribution in [3.63, 3.8) is 0 Å². The third kappa shape index (κ3) is 4.84. The molecule has 25 heavy (non-hydrogen) atoms. The highest BCUT2D eigenvalue weighted by atomic mass is 16.5. The van der Waals surface area contributed by atoms with Crippen LogP contribution in [0.1, 0.15) is 17.3 Å². The van der Waals surface area contributed by atoms with Crippen LogP contribution in [0.4, 0.5) is 4.79 Å². The molecule has 1 aliphatic rings. The molecule has 1 atom stereocenters. The van der Waals surface area contributed by atoms with Crippen LogP contribution in [0.25, 0.3) is 0 Å². The van der Waals surface area contributed by atoms with Gasteiger partial charge in [-0.1, -0.05) is 30.3 Å². The highest BCUT2D eigenvalue weighted by molar-refractivity contribution is 5.73. The molecule has 0 spiro atoms. The predicted molar refractivity (Wildman–Crippen MR) is 97.2 cm³/mol. The van der Waals surface area contributed by atoms with Crippen LogP contribution in [0.2, 0.25) is 0 Å². The summed E-state index contributed by atoms with van der Waals surface area (Å²) in [4.78, 5) is 14.6. The number of hydrogen-bond donors (Lipinski definition) is 2. The second-order valence-corrected chi connectivity index (χ2v) is 6.26. The summed E-state index contributed by atoms with van der Waals surface area (Å²) in [6, 6.07) is 14.1. The van der Waals surface area contributed by atoms with Gasteiger partial charge in [0.15, 0.2) is 0 Å². The molecule has 1 aliphatic heterocycles. The average Bonchev–Trinajstić information content (AvgIpc) is 3.08. The maximum Gasteiger partial charge on any atom is 0.315 e. The molecule has 1 aromatic heterocycles. The minimum Gasteiger partial charge on any atom is -0.379 e. The van der Waals surface area contributed by atoms with Gasteiger partial charge in [-0.3, -0.25) is 4.90 Å². The molecular weight excluding hydrogens is 316 g/mol. The third-order valence-corrected chi connectivity index (χ3v) is 4.56. The Morgan fingerprint density at radius 1 is 1.12 bits per heavy atom. The van der Waals surface area contributed by atoms with Gasteiger partial charge < -0.3 is 19.9 Å². The number of hydrogen-bond acceptors (Lipinski definition) is 3. The number of aryl methyl sites for hydroxylation is 1. The van der Waals surface area contributed by atoms with Gasteiger partial charge in [-0.2, -0.15) is 0 Å². The Bertz CT molecular complexity index is 665. The number of morpholine rings is 1. The molecule has 0 saturated carbocycles. The van der Waals surface area contributed by atoms with Gasteiger partial charge in [-0.15, -0.1) is 0 Å². The van der Waals surface area contributed by atoms with Gasteiger partial charge in [0, 0.05) is 45.1 Å². The number of urea groups is 1. The second kappa shape index (κ2) is 8.69. The highest BCUT2D eigenvalue weighted by Crippen LogP contribution is 2.21. The van der Waals surface area contributed by atoms with Crippen molar-refractivity contribution in [3.8, 4) is 0 Å². The minimum absolute atomic E-state index is 0.142. The SMILES string of the molecule is Cn1cccc1C(CNC(=O)NCc1ccccc1)N1CCOCC1. The first kappa shape index (κ1) is 17.5. The van der Waals surface area contributed by atoms with Crippen LogP contribution in [0, 0.1) is 0 Å². The monoisotopic (exact) mass is 342 g/mol. The Morgan fingerprint density at radius 3 is 2.56 bits per heavy atom. The first-order chi connectivity index (χ1) is 12.2. The Kier molecular flexibility index (Phi) is 6.09. The Labute approximate surface area is 148 Å². The van der Waals surface area contributed by atoms with Crippen molar-refractivity contribution in [1.82, 2.24) is 20.1 Å². The van der Waals surface area contributed by atoms with Gasteiger partial charge >= 0.3 is 6.03 Å². The molecule has 3 rings (SSSR count). The van der Waals surface area contributed by atoms with Crippen molar-refractivity contribution < 1.29 is 9.53 Å². The number of carbonyl (C=O) groups is 1. The third-order valence-electron chi connectivity index (χ3n) is 4.56. The van der Waals surface area contributed by atoms with Crippen LogP contribution in [0.5, 0.6) is 0 Å². The number of nitrogens with zero attached hydrogens (tertiary/aromatic N) is 2. The first-order valence-corrected chi connectivity index (χ1v) is 8.72. The van der Waals surface area contributed by atoms with E-state index in [0.717, 1.165) is 31.9 Å². The van der Waals surface area contributed by atoms with E-state index in [1.54, 1.807) is 0 Å². The number of rotatable bonds is 6. The van der Waals surface area contributed by atoms with Gasteiger partial charge in [0.1, 0.15) is 0 Å². The zero-order valence-corrected chi connectivity index (χ0v) is 14.6. The molecule has 0 aliphatic carbocycles. The smallest absolute Gasteiger partial charge is 0.315 e. The van der Waals surface area contributed by atoms with E-state index in [9.17, 15) is 4.79 Å². The normalized spacial score (nSPS) is 16.4. The number of ether oxygens (including phenoxy) is 1. The van der Waals surface area contributed by atoms with Crippen LogP contribution in [-0.2, 0) is 18.3 Å². The zero-order valence-electron chi connectivity index (χ0n) is 14.6. The highest BCUT2D eigenvalue weighted by Gasteiger charge is 2.24. The quantitative estimate of drug-likeness (QED) is 0.843. The number of carbonyl (C=O) groups excluding carboxylic acids is 1. The van der Waals surface area contributed by atoms with Crippen molar-refractivity contribution in [3.05, 3.63) is 59.9 Å². The summed E-state index contributed by atoms with van der Waals surface area (Å²) in [5, 5.41) is 5.94. The molecule has 0 bridgehead atoms. The van der Waals surface area contributed by atoms with E-state index in [-0.39, 0.29) is 12.1 Å². The van der Waals surface area contributed by atoms with Gasteiger partial charge in [0.25, 0.3) is 0 Å². The fourth-order valence-electron chi connectivity index (χ4n) is 3.16. The molecule has 134 valence electrons. The molecule has 1 unspecified atom stereocenters. The summed E-state index contributed by atoms with van der Waals surface area (Å²) >= 11 is 0. The summed E-state index contributed by atoms with van der Waals surface area (Å²) in [6.07, 6.45) is 2.04. The predicted octanol–water partition coefficient (Wildman–Crippen LogP) is 1.90. The number of amides is 2. The molecule has 2 amide bonds. The van der Waals surface area contributed by atoms with E-state index in [1.807, 2.05) is 49.6 Å². The van der Waals surface area contributed by atoms with E-state index in [0.29, 0.717) is 13.1 Å². The summed E-state index contributed by atoms with van der Waals surface area (Å²) in [7, 11) is 2.04. The van der Waals surface area contributed by atoms with Crippen LogP contribution < -0.4 is 10.6 Å². The lowest BCUT2D eigenvalue weighted by Gasteiger charge is -2.34. The first-order valence-electron chi connectivity index (χ1n) is 8.72. The van der Waals surface area contributed by atoms with Gasteiger partial charge in [-0.25, -0.2) is 4.79 Å². The Balaban J connectivity index is 1.56. The molecule has 1 fully saturated rings. The molecule has 1 aromatic carbocycles. The molecule has 1 saturated heterocycles. The fourth-order valence-corrected chi connectivity index (χ4v) is 3.16. The molecule has 0 radical (unpaired) electrons. The average molecular weight is 342 g/mol. The van der Waals surface area contributed by atoms with Crippen molar-refractivity contribution >= 4 is 6.03 Å². The van der Waals surface area contributed by atoms with E-state index < -0.39 is 0 Å². The van der Waals surface area contributed by atoms with Gasteiger partial charge in [0.2, 0.25) is 0 Å². The molecule has 2 aromatic rings. The molecule has 6 nitrogen and oxygen atoms in total. The Hall–Kier alpha value is -2.31. The summed E-state index contributed by atoms with van der Waals surface area (Å²) < 4.78 is 7.58. The van der Waals surface area contributed by atoms with E-state index in [2.05, 4.69) is 26.2 Å². The largest absolute Gasteiger partial charge is 0.379 e. The van der Waals surface area contributed by atoms with E-state index in [1.165, 1.54) is 5.69 Å². The van der Waals surface area contributed by atoms with Crippen LogP contribution in [0.3, 0.4) is 0 Å². The Morgan fingerprint density at radius 2 is 1.88 bits per heavy atom. The van der Waals surface area contributed by atoms with Gasteiger partial charge in [0.05, 0.1) is 19.3 Å². The van der Waals surface area contributed by atoms with Crippen molar-refractivity contribution in [2.24, 2.45) is 7.05 Å². The number of aromatic nitrogens is 1. The minimum atomic E-state index is -0.142. The lowest BCUT2D eigenvalue weighted by atomic mass is 10.1. The maximum atomic E-state index is 12.2. The van der Waals surface area contributed by atoms with Crippen LogP contribution in [0.15, 0.2) is 48.7 Å². The van der Waals surface area contributed by atoms with Crippen LogP contribution in [-0.4, -0.2) is 48.3 Å². The molecule has 2 N–H and O–H groups in total. The molecule has 2 heterocycles.